The molecule has 2 aromatic carbocycles. The number of halogens is 1. The number of carbonyl (C=O) groups excluding carboxylic acids is 2. The summed E-state index contributed by atoms with van der Waals surface area (Å²) in [5, 5.41) is 3.49. The van der Waals surface area contributed by atoms with E-state index in [2.05, 4.69) is 5.32 Å². The number of amides is 2. The van der Waals surface area contributed by atoms with E-state index in [9.17, 15) is 9.59 Å². The van der Waals surface area contributed by atoms with Crippen LogP contribution in [0.15, 0.2) is 42.5 Å². The van der Waals surface area contributed by atoms with Crippen molar-refractivity contribution in [2.75, 3.05) is 6.61 Å². The first-order chi connectivity index (χ1) is 13.7. The standard InChI is InChI=1S/C23H29ClN2O3/c1-15(2)25-23(28)18(5)26(13-19-8-10-20(24)11-9-19)22(27)14-29-21-12-16(3)6-7-17(21)4/h6-12,15,18H,13-14H2,1-5H3,(H,25,28)/t18-/m1/s1. The minimum absolute atomic E-state index is 0.0105. The van der Waals surface area contributed by atoms with Gasteiger partial charge in [0.05, 0.1) is 0 Å². The highest BCUT2D eigenvalue weighted by Crippen LogP contribution is 2.20. The molecule has 5 nitrogen and oxygen atoms in total. The Kier molecular flexibility index (Phi) is 8.09. The number of hydrogen-bond donors (Lipinski definition) is 1. The Labute approximate surface area is 178 Å². The maximum Gasteiger partial charge on any atom is 0.261 e. The predicted molar refractivity (Wildman–Crippen MR) is 116 cm³/mol. The fraction of sp³-hybridized carbons (Fsp3) is 0.391. The van der Waals surface area contributed by atoms with Gasteiger partial charge in [0.2, 0.25) is 5.91 Å². The molecule has 0 bridgehead atoms. The summed E-state index contributed by atoms with van der Waals surface area (Å²) in [7, 11) is 0. The van der Waals surface area contributed by atoms with Crippen LogP contribution in [0.25, 0.3) is 0 Å². The van der Waals surface area contributed by atoms with E-state index in [-0.39, 0.29) is 24.5 Å². The van der Waals surface area contributed by atoms with Gasteiger partial charge in [-0.25, -0.2) is 0 Å². The fourth-order valence-electron chi connectivity index (χ4n) is 2.86. The topological polar surface area (TPSA) is 58.6 Å². The molecule has 0 aromatic heterocycles. The average Bonchev–Trinajstić information content (AvgIpc) is 2.67. The number of ether oxygens (including phenoxy) is 1. The molecule has 0 fully saturated rings. The van der Waals surface area contributed by atoms with Crippen molar-refractivity contribution < 1.29 is 14.3 Å². The summed E-state index contributed by atoms with van der Waals surface area (Å²) in [4.78, 5) is 27.1. The summed E-state index contributed by atoms with van der Waals surface area (Å²) in [5.41, 5.74) is 2.90. The number of hydrogen-bond acceptors (Lipinski definition) is 3. The van der Waals surface area contributed by atoms with E-state index in [1.165, 1.54) is 4.90 Å². The Hall–Kier alpha value is -2.53. The number of carbonyl (C=O) groups is 2. The Morgan fingerprint density at radius 2 is 1.72 bits per heavy atom. The number of nitrogens with zero attached hydrogens (tertiary/aromatic N) is 1. The van der Waals surface area contributed by atoms with Crippen LogP contribution >= 0.6 is 11.6 Å². The van der Waals surface area contributed by atoms with Crippen LogP contribution in [-0.2, 0) is 16.1 Å². The quantitative estimate of drug-likeness (QED) is 0.698. The van der Waals surface area contributed by atoms with Crippen molar-refractivity contribution in [3.63, 3.8) is 0 Å². The van der Waals surface area contributed by atoms with E-state index < -0.39 is 6.04 Å². The first-order valence-electron chi connectivity index (χ1n) is 9.71. The average molecular weight is 417 g/mol. The lowest BCUT2D eigenvalue weighted by molar-refractivity contribution is -0.142. The first kappa shape index (κ1) is 22.8. The van der Waals surface area contributed by atoms with E-state index in [0.717, 1.165) is 16.7 Å². The summed E-state index contributed by atoms with van der Waals surface area (Å²) < 4.78 is 5.78. The molecule has 2 rings (SSSR count). The lowest BCUT2D eigenvalue weighted by atomic mass is 10.1. The zero-order valence-corrected chi connectivity index (χ0v) is 18.4. The molecular weight excluding hydrogens is 388 g/mol. The van der Waals surface area contributed by atoms with Crippen molar-refractivity contribution in [3.8, 4) is 5.75 Å². The molecule has 0 radical (unpaired) electrons. The van der Waals surface area contributed by atoms with Crippen LogP contribution in [0.4, 0.5) is 0 Å². The summed E-state index contributed by atoms with van der Waals surface area (Å²) in [6.07, 6.45) is 0. The molecule has 0 aliphatic rings. The minimum atomic E-state index is -0.636. The van der Waals surface area contributed by atoms with Crippen molar-refractivity contribution in [2.45, 2.75) is 53.2 Å². The molecule has 2 aromatic rings. The Bertz CT molecular complexity index is 850. The van der Waals surface area contributed by atoms with E-state index in [4.69, 9.17) is 16.3 Å². The smallest absolute Gasteiger partial charge is 0.261 e. The number of aryl methyl sites for hydroxylation is 2. The summed E-state index contributed by atoms with van der Waals surface area (Å²) in [5.74, 6) is 0.213. The van der Waals surface area contributed by atoms with Crippen LogP contribution in [0.3, 0.4) is 0 Å². The van der Waals surface area contributed by atoms with Gasteiger partial charge in [0.1, 0.15) is 11.8 Å². The van der Waals surface area contributed by atoms with Crippen molar-refractivity contribution in [1.29, 1.82) is 0 Å². The fourth-order valence-corrected chi connectivity index (χ4v) is 2.99. The van der Waals surface area contributed by atoms with E-state index in [0.29, 0.717) is 17.3 Å². The molecule has 0 unspecified atom stereocenters. The summed E-state index contributed by atoms with van der Waals surface area (Å²) in [6.45, 7) is 9.56. The van der Waals surface area contributed by atoms with Gasteiger partial charge in [-0.2, -0.15) is 0 Å². The molecular formula is C23H29ClN2O3. The van der Waals surface area contributed by atoms with Gasteiger partial charge in [-0.05, 0) is 69.5 Å². The second kappa shape index (κ2) is 10.3. The molecule has 0 heterocycles. The lowest BCUT2D eigenvalue weighted by Crippen LogP contribution is -2.50. The Balaban J connectivity index is 2.17. The molecule has 29 heavy (non-hydrogen) atoms. The van der Waals surface area contributed by atoms with E-state index in [1.54, 1.807) is 19.1 Å². The number of rotatable bonds is 8. The first-order valence-corrected chi connectivity index (χ1v) is 10.1. The van der Waals surface area contributed by atoms with Gasteiger partial charge in [-0.1, -0.05) is 35.9 Å². The zero-order valence-electron chi connectivity index (χ0n) is 17.7. The van der Waals surface area contributed by atoms with Crippen molar-refractivity contribution in [2.24, 2.45) is 0 Å². The molecule has 2 amide bonds. The molecule has 0 aliphatic heterocycles. The number of nitrogens with one attached hydrogen (secondary N) is 1. The third-order valence-electron chi connectivity index (χ3n) is 4.56. The van der Waals surface area contributed by atoms with Crippen molar-refractivity contribution >= 4 is 23.4 Å². The van der Waals surface area contributed by atoms with Crippen molar-refractivity contribution in [1.82, 2.24) is 10.2 Å². The van der Waals surface area contributed by atoms with Crippen LogP contribution in [-0.4, -0.2) is 35.4 Å². The third-order valence-corrected chi connectivity index (χ3v) is 4.81. The maximum absolute atomic E-state index is 13.0. The molecule has 156 valence electrons. The second-order valence-corrected chi connectivity index (χ2v) is 7.98. The van der Waals surface area contributed by atoms with Gasteiger partial charge in [0.25, 0.3) is 5.91 Å². The van der Waals surface area contributed by atoms with Gasteiger partial charge in [-0.3, -0.25) is 9.59 Å². The van der Waals surface area contributed by atoms with Crippen LogP contribution in [0, 0.1) is 13.8 Å². The molecule has 1 N–H and O–H groups in total. The highest BCUT2D eigenvalue weighted by atomic mass is 35.5. The van der Waals surface area contributed by atoms with Crippen LogP contribution in [0.2, 0.25) is 5.02 Å². The van der Waals surface area contributed by atoms with Crippen LogP contribution in [0.5, 0.6) is 5.75 Å². The van der Waals surface area contributed by atoms with E-state index >= 15 is 0 Å². The van der Waals surface area contributed by atoms with Crippen LogP contribution in [0.1, 0.15) is 37.5 Å². The van der Waals surface area contributed by atoms with Gasteiger partial charge >= 0.3 is 0 Å². The molecule has 1 atom stereocenters. The largest absolute Gasteiger partial charge is 0.483 e. The lowest BCUT2D eigenvalue weighted by Gasteiger charge is -2.29. The number of benzene rings is 2. The molecule has 6 heteroatoms. The molecule has 0 saturated heterocycles. The molecule has 0 saturated carbocycles. The normalized spacial score (nSPS) is 11.8. The highest BCUT2D eigenvalue weighted by molar-refractivity contribution is 6.30. The van der Waals surface area contributed by atoms with Gasteiger partial charge < -0.3 is 15.0 Å². The van der Waals surface area contributed by atoms with Crippen molar-refractivity contribution in [3.05, 3.63) is 64.2 Å². The summed E-state index contributed by atoms with van der Waals surface area (Å²) >= 11 is 5.96. The van der Waals surface area contributed by atoms with Gasteiger partial charge in [-0.15, -0.1) is 0 Å². The third kappa shape index (κ3) is 6.79. The monoisotopic (exact) mass is 416 g/mol. The minimum Gasteiger partial charge on any atom is -0.483 e. The van der Waals surface area contributed by atoms with E-state index in [1.807, 2.05) is 58.0 Å². The van der Waals surface area contributed by atoms with Gasteiger partial charge in [0, 0.05) is 17.6 Å². The molecule has 0 spiro atoms. The SMILES string of the molecule is Cc1ccc(C)c(OCC(=O)N(Cc2ccc(Cl)cc2)[C@H](C)C(=O)NC(C)C)c1. The highest BCUT2D eigenvalue weighted by Gasteiger charge is 2.27. The Morgan fingerprint density at radius 3 is 2.34 bits per heavy atom. The predicted octanol–water partition coefficient (Wildman–Crippen LogP) is 4.28. The summed E-state index contributed by atoms with van der Waals surface area (Å²) in [6, 6.07) is 12.4. The van der Waals surface area contributed by atoms with Gasteiger partial charge in [0.15, 0.2) is 6.61 Å². The van der Waals surface area contributed by atoms with Crippen LogP contribution < -0.4 is 10.1 Å². The Morgan fingerprint density at radius 1 is 1.07 bits per heavy atom. The maximum atomic E-state index is 13.0. The molecule has 0 aliphatic carbocycles. The second-order valence-electron chi connectivity index (χ2n) is 7.54. The zero-order chi connectivity index (χ0) is 21.6.